The highest BCUT2D eigenvalue weighted by Gasteiger charge is 2.28. The molecule has 2 heterocycles. The van der Waals surface area contributed by atoms with Crippen LogP contribution in [0.1, 0.15) is 27.5 Å². The van der Waals surface area contributed by atoms with Crippen LogP contribution < -0.4 is 0 Å². The number of esters is 1. The van der Waals surface area contributed by atoms with Crippen LogP contribution in [0.15, 0.2) is 85.1 Å². The molecule has 0 aliphatic carbocycles. The zero-order valence-electron chi connectivity index (χ0n) is 18.8. The van der Waals surface area contributed by atoms with Crippen LogP contribution in [-0.2, 0) is 9.53 Å². The number of benzene rings is 3. The monoisotopic (exact) mass is 454 g/mol. The molecule has 0 bridgehead atoms. The Labute approximate surface area is 197 Å². The number of ether oxygens (including phenoxy) is 1. The van der Waals surface area contributed by atoms with Gasteiger partial charge in [-0.3, -0.25) is 14.8 Å². The third-order valence-corrected chi connectivity index (χ3v) is 6.27. The van der Waals surface area contributed by atoms with Crippen LogP contribution >= 0.6 is 0 Å². The first kappa shape index (κ1) is 21.9. The summed E-state index contributed by atoms with van der Waals surface area (Å²) in [5.41, 5.74) is 3.71. The van der Waals surface area contributed by atoms with Crippen molar-refractivity contribution in [2.45, 2.75) is 6.04 Å². The summed E-state index contributed by atoms with van der Waals surface area (Å²) in [6.45, 7) is 2.40. The Balaban J connectivity index is 1.19. The number of aromatic nitrogens is 2. The van der Waals surface area contributed by atoms with Crippen molar-refractivity contribution in [1.82, 2.24) is 20.0 Å². The fourth-order valence-corrected chi connectivity index (χ4v) is 4.49. The second-order valence-corrected chi connectivity index (χ2v) is 8.39. The number of rotatable bonds is 6. The molecule has 1 fully saturated rings. The number of hydrogen-bond donors (Lipinski definition) is 1. The smallest absolute Gasteiger partial charge is 0.338 e. The maximum absolute atomic E-state index is 12.7. The van der Waals surface area contributed by atoms with Crippen LogP contribution in [0, 0.1) is 0 Å². The molecule has 7 nitrogen and oxygen atoms in total. The molecule has 1 aromatic heterocycles. The van der Waals surface area contributed by atoms with Crippen molar-refractivity contribution in [3.05, 3.63) is 102 Å². The normalized spacial score (nSPS) is 14.4. The molecule has 1 amide bonds. The molecule has 1 aliphatic heterocycles. The maximum atomic E-state index is 12.7. The Morgan fingerprint density at radius 2 is 1.53 bits per heavy atom. The van der Waals surface area contributed by atoms with Crippen molar-refractivity contribution in [3.63, 3.8) is 0 Å². The number of carbonyl (C=O) groups excluding carboxylic acids is 2. The molecule has 0 unspecified atom stereocenters. The lowest BCUT2D eigenvalue weighted by Crippen LogP contribution is -2.50. The van der Waals surface area contributed by atoms with Crippen LogP contribution in [-0.4, -0.2) is 64.7 Å². The van der Waals surface area contributed by atoms with E-state index < -0.39 is 5.97 Å². The van der Waals surface area contributed by atoms with E-state index in [1.54, 1.807) is 29.3 Å². The largest absolute Gasteiger partial charge is 0.452 e. The Bertz CT molecular complexity index is 1230. The number of aromatic amines is 1. The van der Waals surface area contributed by atoms with Gasteiger partial charge in [-0.05, 0) is 29.3 Å². The lowest BCUT2D eigenvalue weighted by Gasteiger charge is -2.39. The fraction of sp³-hybridized carbons (Fsp3) is 0.222. The molecule has 0 spiro atoms. The molecule has 4 aromatic rings. The van der Waals surface area contributed by atoms with Crippen molar-refractivity contribution in [2.75, 3.05) is 32.8 Å². The predicted octanol–water partition coefficient (Wildman–Crippen LogP) is 3.65. The summed E-state index contributed by atoms with van der Waals surface area (Å²) in [6.07, 6.45) is 1.65. The highest BCUT2D eigenvalue weighted by molar-refractivity contribution is 5.95. The van der Waals surface area contributed by atoms with Gasteiger partial charge in [0.2, 0.25) is 0 Å². The zero-order chi connectivity index (χ0) is 23.3. The van der Waals surface area contributed by atoms with Crippen molar-refractivity contribution >= 4 is 22.8 Å². The molecule has 7 heteroatoms. The van der Waals surface area contributed by atoms with E-state index in [0.717, 1.165) is 24.0 Å². The number of H-pyrrole nitrogens is 1. The molecule has 1 N–H and O–H groups in total. The van der Waals surface area contributed by atoms with Gasteiger partial charge < -0.3 is 9.64 Å². The number of carbonyl (C=O) groups is 2. The minimum atomic E-state index is -0.511. The van der Waals surface area contributed by atoms with Crippen LogP contribution in [0.3, 0.4) is 0 Å². The summed E-state index contributed by atoms with van der Waals surface area (Å²) < 4.78 is 5.31. The molecule has 0 atom stereocenters. The van der Waals surface area contributed by atoms with Crippen LogP contribution in [0.4, 0.5) is 0 Å². The van der Waals surface area contributed by atoms with Crippen molar-refractivity contribution in [1.29, 1.82) is 0 Å². The number of nitrogens with zero attached hydrogens (tertiary/aromatic N) is 3. The van der Waals surface area contributed by atoms with Gasteiger partial charge in [-0.2, -0.15) is 5.10 Å². The van der Waals surface area contributed by atoms with Crippen molar-refractivity contribution in [2.24, 2.45) is 0 Å². The number of amides is 1. The minimum Gasteiger partial charge on any atom is -0.452 e. The van der Waals surface area contributed by atoms with Crippen LogP contribution in [0.2, 0.25) is 0 Å². The number of nitrogens with one attached hydrogen (secondary N) is 1. The van der Waals surface area contributed by atoms with Gasteiger partial charge in [0.25, 0.3) is 5.91 Å². The Morgan fingerprint density at radius 3 is 2.18 bits per heavy atom. The Kier molecular flexibility index (Phi) is 6.35. The third kappa shape index (κ3) is 4.70. The highest BCUT2D eigenvalue weighted by Crippen LogP contribution is 2.29. The van der Waals surface area contributed by atoms with Gasteiger partial charge in [0.1, 0.15) is 0 Å². The van der Waals surface area contributed by atoms with E-state index in [1.165, 1.54) is 11.1 Å². The number of piperazine rings is 1. The highest BCUT2D eigenvalue weighted by atomic mass is 16.5. The quantitative estimate of drug-likeness (QED) is 0.450. The predicted molar refractivity (Wildman–Crippen MR) is 129 cm³/mol. The molecule has 0 saturated carbocycles. The van der Waals surface area contributed by atoms with E-state index >= 15 is 0 Å². The van der Waals surface area contributed by atoms with Crippen molar-refractivity contribution < 1.29 is 14.3 Å². The second kappa shape index (κ2) is 9.89. The average Bonchev–Trinajstić information content (AvgIpc) is 3.37. The molecule has 5 rings (SSSR count). The number of hydrogen-bond acceptors (Lipinski definition) is 5. The molecule has 1 aliphatic rings. The molecular weight excluding hydrogens is 428 g/mol. The van der Waals surface area contributed by atoms with E-state index in [4.69, 9.17) is 4.74 Å². The molecule has 3 aromatic carbocycles. The minimum absolute atomic E-state index is 0.135. The van der Waals surface area contributed by atoms with Crippen LogP contribution in [0.5, 0.6) is 0 Å². The Morgan fingerprint density at radius 1 is 0.882 bits per heavy atom. The van der Waals surface area contributed by atoms with Gasteiger partial charge in [-0.1, -0.05) is 60.7 Å². The van der Waals surface area contributed by atoms with E-state index in [2.05, 4.69) is 63.6 Å². The first-order chi connectivity index (χ1) is 16.7. The maximum Gasteiger partial charge on any atom is 0.338 e. The van der Waals surface area contributed by atoms with E-state index in [-0.39, 0.29) is 18.6 Å². The molecule has 0 radical (unpaired) electrons. The van der Waals surface area contributed by atoms with Gasteiger partial charge in [0.05, 0.1) is 23.3 Å². The van der Waals surface area contributed by atoms with Gasteiger partial charge in [0, 0.05) is 31.6 Å². The fourth-order valence-electron chi connectivity index (χ4n) is 4.49. The van der Waals surface area contributed by atoms with Gasteiger partial charge in [-0.15, -0.1) is 0 Å². The standard InChI is InChI=1S/C27H26N4O3/c32-25(19-34-27(33)22-11-12-24-23(17-22)18-28-29-24)30-13-15-31(16-14-30)26(20-7-3-1-4-8-20)21-9-5-2-6-10-21/h1-12,17-18,26H,13-16,19H2,(H,28,29). The topological polar surface area (TPSA) is 78.5 Å². The van der Waals surface area contributed by atoms with Gasteiger partial charge in [0.15, 0.2) is 6.61 Å². The van der Waals surface area contributed by atoms with E-state index in [0.29, 0.717) is 18.7 Å². The number of fused-ring (bicyclic) bond motifs is 1. The van der Waals surface area contributed by atoms with Crippen LogP contribution in [0.25, 0.3) is 10.9 Å². The summed E-state index contributed by atoms with van der Waals surface area (Å²) in [7, 11) is 0. The second-order valence-electron chi connectivity index (χ2n) is 8.39. The van der Waals surface area contributed by atoms with Gasteiger partial charge in [-0.25, -0.2) is 4.79 Å². The third-order valence-electron chi connectivity index (χ3n) is 6.27. The lowest BCUT2D eigenvalue weighted by atomic mass is 9.96. The first-order valence-electron chi connectivity index (χ1n) is 11.4. The summed E-state index contributed by atoms with van der Waals surface area (Å²) in [6, 6.07) is 26.2. The van der Waals surface area contributed by atoms with Crippen molar-refractivity contribution in [3.8, 4) is 0 Å². The van der Waals surface area contributed by atoms with E-state index in [9.17, 15) is 9.59 Å². The first-order valence-corrected chi connectivity index (χ1v) is 11.4. The Hall–Kier alpha value is -3.97. The molecular formula is C27H26N4O3. The molecule has 172 valence electrons. The summed E-state index contributed by atoms with van der Waals surface area (Å²) >= 11 is 0. The summed E-state index contributed by atoms with van der Waals surface area (Å²) in [5, 5.41) is 7.62. The zero-order valence-corrected chi connectivity index (χ0v) is 18.8. The molecule has 34 heavy (non-hydrogen) atoms. The summed E-state index contributed by atoms with van der Waals surface area (Å²) in [5.74, 6) is -0.684. The van der Waals surface area contributed by atoms with Gasteiger partial charge >= 0.3 is 5.97 Å². The SMILES string of the molecule is O=C(OCC(=O)N1CCN(C(c2ccccc2)c2ccccc2)CC1)c1ccc2[nH]ncc2c1. The van der Waals surface area contributed by atoms with E-state index in [1.807, 2.05) is 12.1 Å². The average molecular weight is 455 g/mol. The molecule has 1 saturated heterocycles. The lowest BCUT2D eigenvalue weighted by molar-refractivity contribution is -0.136. The summed E-state index contributed by atoms with van der Waals surface area (Å²) in [4.78, 5) is 29.3.